The van der Waals surface area contributed by atoms with Crippen molar-refractivity contribution in [2.24, 2.45) is 11.3 Å². The molecule has 0 bridgehead atoms. The van der Waals surface area contributed by atoms with Crippen molar-refractivity contribution >= 4 is 22.6 Å². The summed E-state index contributed by atoms with van der Waals surface area (Å²) in [7, 11) is 0. The van der Waals surface area contributed by atoms with Gasteiger partial charge < -0.3 is 15.2 Å². The third-order valence-corrected chi connectivity index (χ3v) is 5.75. The van der Waals surface area contributed by atoms with Crippen molar-refractivity contribution in [2.45, 2.75) is 58.9 Å². The van der Waals surface area contributed by atoms with Gasteiger partial charge in [-0.1, -0.05) is 46.1 Å². The van der Waals surface area contributed by atoms with Gasteiger partial charge in [0.1, 0.15) is 17.6 Å². The van der Waals surface area contributed by atoms with E-state index in [0.29, 0.717) is 29.0 Å². The summed E-state index contributed by atoms with van der Waals surface area (Å²) in [4.78, 5) is 24.8. The van der Waals surface area contributed by atoms with E-state index in [0.717, 1.165) is 12.8 Å². The fourth-order valence-electron chi connectivity index (χ4n) is 4.02. The van der Waals surface area contributed by atoms with Crippen molar-refractivity contribution in [2.75, 3.05) is 6.61 Å². The van der Waals surface area contributed by atoms with Crippen LogP contribution in [0.5, 0.6) is 5.75 Å². The van der Waals surface area contributed by atoms with E-state index in [9.17, 15) is 19.1 Å². The number of hydrogen-bond donors (Lipinski definition) is 2. The molecule has 0 spiro atoms. The first-order chi connectivity index (χ1) is 14.2. The molecule has 2 N–H and O–H groups in total. The van der Waals surface area contributed by atoms with Crippen molar-refractivity contribution in [3.8, 4) is 5.75 Å². The number of hydrogen-bond acceptors (Lipinski definition) is 3. The molecule has 1 aliphatic carbocycles. The van der Waals surface area contributed by atoms with E-state index >= 15 is 0 Å². The predicted molar refractivity (Wildman–Crippen MR) is 114 cm³/mol. The van der Waals surface area contributed by atoms with Gasteiger partial charge in [0.25, 0.3) is 5.91 Å². The summed E-state index contributed by atoms with van der Waals surface area (Å²) in [5, 5.41) is 13.5. The smallest absolute Gasteiger partial charge is 0.326 e. The van der Waals surface area contributed by atoms with Crippen molar-refractivity contribution in [1.82, 2.24) is 5.32 Å². The molecule has 2 aromatic carbocycles. The molecule has 1 aliphatic rings. The highest BCUT2D eigenvalue weighted by atomic mass is 19.1. The molecular formula is C24H30FNO4. The van der Waals surface area contributed by atoms with Gasteiger partial charge in [0, 0.05) is 5.39 Å². The molecule has 5 nitrogen and oxygen atoms in total. The van der Waals surface area contributed by atoms with Gasteiger partial charge in [0.2, 0.25) is 0 Å². The molecular weight excluding hydrogens is 385 g/mol. The summed E-state index contributed by atoms with van der Waals surface area (Å²) in [6, 6.07) is 6.53. The van der Waals surface area contributed by atoms with Crippen molar-refractivity contribution < 1.29 is 23.8 Å². The van der Waals surface area contributed by atoms with Gasteiger partial charge in [-0.2, -0.15) is 0 Å². The number of amides is 1. The van der Waals surface area contributed by atoms with Crippen LogP contribution in [0.3, 0.4) is 0 Å². The Balaban J connectivity index is 1.94. The number of ether oxygens (including phenoxy) is 1. The SMILES string of the molecule is CC(C)(C)C(NC(=O)c1ccc2cc(F)ccc2c1OCC1CCCCC1)C(=O)O. The minimum atomic E-state index is -1.09. The number of carboxylic acid groups (broad SMARTS) is 1. The van der Waals surface area contributed by atoms with Gasteiger partial charge in [-0.25, -0.2) is 9.18 Å². The number of benzene rings is 2. The molecule has 1 saturated carbocycles. The Labute approximate surface area is 176 Å². The molecule has 0 aliphatic heterocycles. The summed E-state index contributed by atoms with van der Waals surface area (Å²) >= 11 is 0. The van der Waals surface area contributed by atoms with Gasteiger partial charge in [-0.3, -0.25) is 4.79 Å². The second kappa shape index (κ2) is 9.02. The molecule has 0 radical (unpaired) electrons. The van der Waals surface area contributed by atoms with Crippen LogP contribution in [-0.2, 0) is 4.79 Å². The molecule has 0 heterocycles. The van der Waals surface area contributed by atoms with Crippen molar-refractivity contribution in [1.29, 1.82) is 0 Å². The maximum Gasteiger partial charge on any atom is 0.326 e. The van der Waals surface area contributed by atoms with Gasteiger partial charge in [0.05, 0.1) is 12.2 Å². The lowest BCUT2D eigenvalue weighted by molar-refractivity contribution is -0.142. The second-order valence-corrected chi connectivity index (χ2v) is 9.23. The lowest BCUT2D eigenvalue weighted by Crippen LogP contribution is -2.49. The van der Waals surface area contributed by atoms with Crippen molar-refractivity contribution in [3.05, 3.63) is 41.7 Å². The largest absolute Gasteiger partial charge is 0.492 e. The standard InChI is InChI=1S/C24H30FNO4/c1-24(2,3)21(23(28)29)26-22(27)19-11-9-16-13-17(25)10-12-18(16)20(19)30-14-15-7-5-4-6-8-15/h9-13,15,21H,4-8,14H2,1-3H3,(H,26,27)(H,28,29). The molecule has 1 unspecified atom stereocenters. The molecule has 1 atom stereocenters. The van der Waals surface area contributed by atoms with E-state index in [1.165, 1.54) is 31.4 Å². The summed E-state index contributed by atoms with van der Waals surface area (Å²) in [6.07, 6.45) is 5.77. The first-order valence-electron chi connectivity index (χ1n) is 10.6. The van der Waals surface area contributed by atoms with E-state index in [1.54, 1.807) is 39.0 Å². The highest BCUT2D eigenvalue weighted by Gasteiger charge is 2.33. The normalized spacial score (nSPS) is 16.3. The number of carbonyl (C=O) groups excluding carboxylic acids is 1. The highest BCUT2D eigenvalue weighted by molar-refractivity contribution is 6.05. The molecule has 3 rings (SSSR count). The van der Waals surface area contributed by atoms with E-state index < -0.39 is 23.3 Å². The average molecular weight is 416 g/mol. The van der Waals surface area contributed by atoms with Gasteiger partial charge in [-0.05, 0) is 53.8 Å². The zero-order valence-corrected chi connectivity index (χ0v) is 17.8. The van der Waals surface area contributed by atoms with Crippen LogP contribution < -0.4 is 10.1 Å². The molecule has 30 heavy (non-hydrogen) atoms. The number of halogens is 1. The van der Waals surface area contributed by atoms with E-state index in [1.807, 2.05) is 0 Å². The first kappa shape index (κ1) is 22.1. The second-order valence-electron chi connectivity index (χ2n) is 9.23. The monoisotopic (exact) mass is 415 g/mol. The molecule has 2 aromatic rings. The number of fused-ring (bicyclic) bond motifs is 1. The highest BCUT2D eigenvalue weighted by Crippen LogP contribution is 2.33. The number of carboxylic acids is 1. The van der Waals surface area contributed by atoms with Crippen molar-refractivity contribution in [3.63, 3.8) is 0 Å². The Morgan fingerprint density at radius 3 is 2.50 bits per heavy atom. The van der Waals surface area contributed by atoms with Crippen LogP contribution in [0, 0.1) is 17.2 Å². The Morgan fingerprint density at radius 1 is 1.17 bits per heavy atom. The topological polar surface area (TPSA) is 75.6 Å². The van der Waals surface area contributed by atoms with Gasteiger partial charge in [0.15, 0.2) is 0 Å². The zero-order chi connectivity index (χ0) is 21.9. The Morgan fingerprint density at radius 2 is 1.87 bits per heavy atom. The van der Waals surface area contributed by atoms with Crippen LogP contribution in [0.2, 0.25) is 0 Å². The molecule has 162 valence electrons. The van der Waals surface area contributed by atoms with Crippen LogP contribution in [-0.4, -0.2) is 29.6 Å². The fourth-order valence-corrected chi connectivity index (χ4v) is 4.02. The quantitative estimate of drug-likeness (QED) is 0.683. The van der Waals surface area contributed by atoms with Crippen LogP contribution in [0.1, 0.15) is 63.2 Å². The van der Waals surface area contributed by atoms with Crippen LogP contribution in [0.25, 0.3) is 10.8 Å². The van der Waals surface area contributed by atoms with Crippen LogP contribution in [0.4, 0.5) is 4.39 Å². The number of carbonyl (C=O) groups is 2. The summed E-state index contributed by atoms with van der Waals surface area (Å²) in [6.45, 7) is 5.76. The van der Waals surface area contributed by atoms with Gasteiger partial charge >= 0.3 is 5.97 Å². The summed E-state index contributed by atoms with van der Waals surface area (Å²) in [5.74, 6) is -1.16. The Bertz CT molecular complexity index is 929. The predicted octanol–water partition coefficient (Wildman–Crippen LogP) is 5.17. The summed E-state index contributed by atoms with van der Waals surface area (Å²) < 4.78 is 19.9. The van der Waals surface area contributed by atoms with E-state index in [2.05, 4.69) is 5.32 Å². The molecule has 1 fully saturated rings. The van der Waals surface area contributed by atoms with Gasteiger partial charge in [-0.15, -0.1) is 0 Å². The van der Waals surface area contributed by atoms with Crippen LogP contribution in [0.15, 0.2) is 30.3 Å². The maximum absolute atomic E-state index is 13.7. The summed E-state index contributed by atoms with van der Waals surface area (Å²) in [5.41, 5.74) is -0.398. The Hall–Kier alpha value is -2.63. The molecule has 0 aromatic heterocycles. The fraction of sp³-hybridized carbons (Fsp3) is 0.500. The minimum Gasteiger partial charge on any atom is -0.492 e. The van der Waals surface area contributed by atoms with E-state index in [-0.39, 0.29) is 11.4 Å². The number of aliphatic carboxylic acids is 1. The number of nitrogens with one attached hydrogen (secondary N) is 1. The molecule has 0 saturated heterocycles. The zero-order valence-electron chi connectivity index (χ0n) is 17.8. The average Bonchev–Trinajstić information content (AvgIpc) is 2.69. The van der Waals surface area contributed by atoms with E-state index in [4.69, 9.17) is 4.74 Å². The first-order valence-corrected chi connectivity index (χ1v) is 10.6. The lowest BCUT2D eigenvalue weighted by atomic mass is 9.86. The number of rotatable bonds is 6. The third-order valence-electron chi connectivity index (χ3n) is 5.75. The third kappa shape index (κ3) is 5.10. The van der Waals surface area contributed by atoms with Crippen LogP contribution >= 0.6 is 0 Å². The molecule has 1 amide bonds. The Kier molecular flexibility index (Phi) is 6.64. The maximum atomic E-state index is 13.7. The minimum absolute atomic E-state index is 0.264. The lowest BCUT2D eigenvalue weighted by Gasteiger charge is -2.28. The molecule has 6 heteroatoms.